The summed E-state index contributed by atoms with van der Waals surface area (Å²) in [6.07, 6.45) is 0. The topological polar surface area (TPSA) is 85.7 Å². The van der Waals surface area contributed by atoms with Crippen molar-refractivity contribution in [2.24, 2.45) is 10.7 Å². The molecule has 0 aliphatic heterocycles. The van der Waals surface area contributed by atoms with Crippen molar-refractivity contribution >= 4 is 47.2 Å². The van der Waals surface area contributed by atoms with Gasteiger partial charge in [-0.3, -0.25) is 0 Å². The molecule has 2 rings (SSSR count). The van der Waals surface area contributed by atoms with Gasteiger partial charge < -0.3 is 20.3 Å². The first-order valence-electron chi connectivity index (χ1n) is 6.33. The van der Waals surface area contributed by atoms with Gasteiger partial charge in [0, 0.05) is 11.3 Å². The van der Waals surface area contributed by atoms with Crippen LogP contribution < -0.4 is 15.8 Å². The summed E-state index contributed by atoms with van der Waals surface area (Å²) in [4.78, 5) is 4.26. The highest BCUT2D eigenvalue weighted by molar-refractivity contribution is 14.0. The minimum absolute atomic E-state index is 0. The molecule has 0 bridgehead atoms. The maximum atomic E-state index is 6.05. The third-order valence-corrected chi connectivity index (χ3v) is 3.31. The largest absolute Gasteiger partial charge is 0.495 e. The smallest absolute Gasteiger partial charge is 0.193 e. The van der Waals surface area contributed by atoms with Crippen LogP contribution in [0, 0.1) is 13.8 Å². The van der Waals surface area contributed by atoms with Crippen LogP contribution in [-0.4, -0.2) is 18.2 Å². The van der Waals surface area contributed by atoms with Crippen LogP contribution in [0.2, 0.25) is 5.02 Å². The molecular weight excluding hydrogens is 419 g/mol. The predicted molar refractivity (Wildman–Crippen MR) is 98.3 cm³/mol. The van der Waals surface area contributed by atoms with Crippen LogP contribution in [-0.2, 0) is 6.54 Å². The van der Waals surface area contributed by atoms with E-state index >= 15 is 0 Å². The summed E-state index contributed by atoms with van der Waals surface area (Å²) in [7, 11) is 1.56. The van der Waals surface area contributed by atoms with E-state index in [1.165, 1.54) is 0 Å². The van der Waals surface area contributed by atoms with Crippen molar-refractivity contribution in [3.05, 3.63) is 40.2 Å². The molecule has 0 aliphatic rings. The van der Waals surface area contributed by atoms with Gasteiger partial charge in [-0.2, -0.15) is 0 Å². The van der Waals surface area contributed by atoms with Gasteiger partial charge in [0.25, 0.3) is 0 Å². The van der Waals surface area contributed by atoms with Crippen molar-refractivity contribution in [3.8, 4) is 5.75 Å². The quantitative estimate of drug-likeness (QED) is 0.435. The zero-order chi connectivity index (χ0) is 15.4. The Balaban J connectivity index is 0.00000242. The Morgan fingerprint density at radius 1 is 1.45 bits per heavy atom. The fraction of sp³-hybridized carbons (Fsp3) is 0.286. The van der Waals surface area contributed by atoms with Crippen molar-refractivity contribution in [2.45, 2.75) is 20.4 Å². The molecule has 120 valence electrons. The molecule has 0 saturated heterocycles. The van der Waals surface area contributed by atoms with Crippen molar-refractivity contribution in [3.63, 3.8) is 0 Å². The number of anilines is 1. The number of guanidine groups is 1. The Hall–Kier alpha value is -1.48. The highest BCUT2D eigenvalue weighted by Gasteiger charge is 2.08. The highest BCUT2D eigenvalue weighted by Crippen LogP contribution is 2.27. The van der Waals surface area contributed by atoms with Crippen LogP contribution in [0.3, 0.4) is 0 Å². The first-order valence-corrected chi connectivity index (χ1v) is 6.71. The molecule has 1 aromatic heterocycles. The number of nitrogens with zero attached hydrogens (tertiary/aromatic N) is 2. The first kappa shape index (κ1) is 18.6. The fourth-order valence-corrected chi connectivity index (χ4v) is 2.08. The van der Waals surface area contributed by atoms with Gasteiger partial charge in [-0.1, -0.05) is 16.8 Å². The summed E-state index contributed by atoms with van der Waals surface area (Å²) in [6.45, 7) is 4.12. The molecule has 0 atom stereocenters. The molecule has 0 radical (unpaired) electrons. The number of ether oxygens (including phenoxy) is 1. The molecule has 0 amide bonds. The monoisotopic (exact) mass is 436 g/mol. The maximum absolute atomic E-state index is 6.05. The molecule has 8 heteroatoms. The lowest BCUT2D eigenvalue weighted by Crippen LogP contribution is -2.22. The van der Waals surface area contributed by atoms with Gasteiger partial charge in [-0.15, -0.1) is 24.0 Å². The van der Waals surface area contributed by atoms with Gasteiger partial charge in [0.05, 0.1) is 24.4 Å². The Bertz CT molecular complexity index is 653. The summed E-state index contributed by atoms with van der Waals surface area (Å²) in [5.74, 6) is 1.64. The number of rotatable bonds is 4. The number of nitrogens with one attached hydrogen (secondary N) is 1. The minimum atomic E-state index is 0. The maximum Gasteiger partial charge on any atom is 0.193 e. The number of aliphatic imine (C=N–C) groups is 1. The standard InChI is InChI=1S/C14H17ClN4O2.HI/c1-8-11(9(2)21-19-8)7-17-14(16)18-10-4-5-13(20-3)12(15)6-10;/h4-6H,7H2,1-3H3,(H3,16,17,18);1H. The number of aryl methyl sites for hydroxylation is 2. The van der Waals surface area contributed by atoms with E-state index in [4.69, 9.17) is 26.6 Å². The van der Waals surface area contributed by atoms with Crippen LogP contribution in [0.5, 0.6) is 5.75 Å². The second-order valence-corrected chi connectivity index (χ2v) is 4.89. The van der Waals surface area contributed by atoms with Gasteiger partial charge in [-0.25, -0.2) is 4.99 Å². The molecule has 0 unspecified atom stereocenters. The number of aromatic nitrogens is 1. The molecule has 0 fully saturated rings. The average molecular weight is 437 g/mol. The van der Waals surface area contributed by atoms with Crippen LogP contribution >= 0.6 is 35.6 Å². The molecular formula is C14H18ClIN4O2. The lowest BCUT2D eigenvalue weighted by Gasteiger charge is -2.08. The zero-order valence-corrected chi connectivity index (χ0v) is 15.6. The van der Waals surface area contributed by atoms with E-state index in [0.717, 1.165) is 22.7 Å². The third kappa shape index (κ3) is 4.51. The van der Waals surface area contributed by atoms with Gasteiger partial charge in [-0.05, 0) is 32.0 Å². The van der Waals surface area contributed by atoms with Crippen LogP contribution in [0.15, 0.2) is 27.7 Å². The number of benzene rings is 1. The molecule has 6 nitrogen and oxygen atoms in total. The van der Waals surface area contributed by atoms with Crippen molar-refractivity contribution in [2.75, 3.05) is 12.4 Å². The second-order valence-electron chi connectivity index (χ2n) is 4.48. The van der Waals surface area contributed by atoms with Gasteiger partial charge in [0.2, 0.25) is 0 Å². The molecule has 22 heavy (non-hydrogen) atoms. The van der Waals surface area contributed by atoms with E-state index in [1.807, 2.05) is 19.9 Å². The van der Waals surface area contributed by atoms with Crippen molar-refractivity contribution in [1.29, 1.82) is 0 Å². The van der Waals surface area contributed by atoms with Crippen LogP contribution in [0.4, 0.5) is 5.69 Å². The Morgan fingerprint density at radius 3 is 2.73 bits per heavy atom. The molecule has 1 aromatic carbocycles. The molecule has 3 N–H and O–H groups in total. The Labute approximate surface area is 151 Å². The summed E-state index contributed by atoms with van der Waals surface area (Å²) in [5.41, 5.74) is 8.35. The second kappa shape index (κ2) is 8.23. The third-order valence-electron chi connectivity index (χ3n) is 3.01. The SMILES string of the molecule is COc1ccc(NC(N)=NCc2c(C)noc2C)cc1Cl.I. The van der Waals surface area contributed by atoms with E-state index < -0.39 is 0 Å². The summed E-state index contributed by atoms with van der Waals surface area (Å²) in [6, 6.07) is 5.29. The highest BCUT2D eigenvalue weighted by atomic mass is 127. The van der Waals surface area contributed by atoms with Gasteiger partial charge in [0.15, 0.2) is 5.96 Å². The lowest BCUT2D eigenvalue weighted by molar-refractivity contribution is 0.392. The lowest BCUT2D eigenvalue weighted by atomic mass is 10.2. The summed E-state index contributed by atoms with van der Waals surface area (Å²) < 4.78 is 10.2. The normalized spacial score (nSPS) is 11.0. The summed E-state index contributed by atoms with van der Waals surface area (Å²) in [5, 5.41) is 7.35. The van der Waals surface area contributed by atoms with Crippen LogP contribution in [0.25, 0.3) is 0 Å². The van der Waals surface area contributed by atoms with Crippen LogP contribution in [0.1, 0.15) is 17.0 Å². The van der Waals surface area contributed by atoms with Crippen molar-refractivity contribution in [1.82, 2.24) is 5.16 Å². The van der Waals surface area contributed by atoms with E-state index in [2.05, 4.69) is 15.5 Å². The number of hydrogen-bond acceptors (Lipinski definition) is 4. The van der Waals surface area contributed by atoms with E-state index in [1.54, 1.807) is 19.2 Å². The Kier molecular flexibility index (Phi) is 6.95. The van der Waals surface area contributed by atoms with E-state index in [9.17, 15) is 0 Å². The molecule has 2 aromatic rings. The molecule has 1 heterocycles. The van der Waals surface area contributed by atoms with Gasteiger partial charge in [0.1, 0.15) is 11.5 Å². The molecule has 0 spiro atoms. The molecule has 0 aliphatic carbocycles. The van der Waals surface area contributed by atoms with Crippen molar-refractivity contribution < 1.29 is 9.26 Å². The number of methoxy groups -OCH3 is 1. The fourth-order valence-electron chi connectivity index (χ4n) is 1.82. The molecule has 0 saturated carbocycles. The Morgan fingerprint density at radius 2 is 2.18 bits per heavy atom. The van der Waals surface area contributed by atoms with E-state index in [-0.39, 0.29) is 29.9 Å². The van der Waals surface area contributed by atoms with Gasteiger partial charge >= 0.3 is 0 Å². The number of nitrogens with two attached hydrogens (primary N) is 1. The summed E-state index contributed by atoms with van der Waals surface area (Å²) >= 11 is 6.05. The average Bonchev–Trinajstić information content (AvgIpc) is 2.76. The zero-order valence-electron chi connectivity index (χ0n) is 12.5. The van der Waals surface area contributed by atoms with E-state index in [0.29, 0.717) is 17.3 Å². The first-order chi connectivity index (χ1) is 10.0. The predicted octanol–water partition coefficient (Wildman–Crippen LogP) is 3.50. The number of hydrogen-bond donors (Lipinski definition) is 2. The number of halogens is 2. The minimum Gasteiger partial charge on any atom is -0.495 e.